The van der Waals surface area contributed by atoms with Crippen LogP contribution in [0.4, 0.5) is 22.0 Å². The molecule has 12 heteroatoms. The smallest absolute Gasteiger partial charge is 0.383 e. The van der Waals surface area contributed by atoms with E-state index in [-0.39, 0.29) is 39.9 Å². The van der Waals surface area contributed by atoms with Gasteiger partial charge in [-0.3, -0.25) is 9.59 Å². The number of halogens is 5. The van der Waals surface area contributed by atoms with Crippen molar-refractivity contribution in [1.29, 1.82) is 0 Å². The number of thioether (sulfide) groups is 1. The average Bonchev–Trinajstić information content (AvgIpc) is 3.31. The molecule has 1 fully saturated rings. The lowest BCUT2D eigenvalue weighted by Gasteiger charge is -2.39. The van der Waals surface area contributed by atoms with Crippen LogP contribution < -0.4 is 5.43 Å². The number of pyridine rings is 1. The molecule has 0 unspecified atom stereocenters. The maximum absolute atomic E-state index is 15.6. The highest BCUT2D eigenvalue weighted by molar-refractivity contribution is 7.98. The number of fused-ring (bicyclic) bond motifs is 1. The van der Waals surface area contributed by atoms with Crippen LogP contribution in [0.25, 0.3) is 22.0 Å². The van der Waals surface area contributed by atoms with Crippen LogP contribution in [-0.4, -0.2) is 59.6 Å². The number of carbonyl (C=O) groups is 1. The molecule has 278 valence electrons. The van der Waals surface area contributed by atoms with Gasteiger partial charge in [0.25, 0.3) is 0 Å². The van der Waals surface area contributed by atoms with Crippen molar-refractivity contribution in [1.82, 2.24) is 14.4 Å². The molecule has 6 nitrogen and oxygen atoms in total. The zero-order valence-corrected chi connectivity index (χ0v) is 28.5. The second-order valence-electron chi connectivity index (χ2n) is 11.3. The van der Waals surface area contributed by atoms with Gasteiger partial charge in [-0.05, 0) is 66.7 Å². The van der Waals surface area contributed by atoms with Gasteiger partial charge in [0.1, 0.15) is 6.50 Å². The first-order valence-corrected chi connectivity index (χ1v) is 16.5. The Bertz CT molecular complexity index is 3160. The van der Waals surface area contributed by atoms with Gasteiger partial charge < -0.3 is 19.1 Å². The third-order valence-electron chi connectivity index (χ3n) is 7.69. The molecule has 2 heterocycles. The van der Waals surface area contributed by atoms with E-state index in [2.05, 4.69) is 0 Å². The summed E-state index contributed by atoms with van der Waals surface area (Å²) in [6.07, 6.45) is -6.41. The summed E-state index contributed by atoms with van der Waals surface area (Å²) in [7, 11) is 1.20. The number of nitrogens with zero attached hydrogens (tertiary/aromatic N) is 3. The van der Waals surface area contributed by atoms with Crippen LogP contribution in [0.5, 0.6) is 0 Å². The van der Waals surface area contributed by atoms with E-state index < -0.39 is 214 Å². The predicted octanol–water partition coefficient (Wildman–Crippen LogP) is 8.71. The van der Waals surface area contributed by atoms with Crippen molar-refractivity contribution in [2.24, 2.45) is 0 Å². The van der Waals surface area contributed by atoms with Gasteiger partial charge in [0.15, 0.2) is 17.1 Å². The predicted molar refractivity (Wildman–Crippen MR) is 198 cm³/mol. The van der Waals surface area contributed by atoms with Gasteiger partial charge in [0.05, 0.1) is 48.8 Å². The summed E-state index contributed by atoms with van der Waals surface area (Å²) in [5.74, 6) is -6.89. The highest BCUT2D eigenvalue weighted by Crippen LogP contribution is 2.32. The van der Waals surface area contributed by atoms with Gasteiger partial charge in [-0.2, -0.15) is 13.2 Å². The molecule has 5 aromatic rings. The van der Waals surface area contributed by atoms with Crippen molar-refractivity contribution in [3.8, 4) is 11.1 Å². The third-order valence-corrected chi connectivity index (χ3v) is 8.68. The van der Waals surface area contributed by atoms with Crippen molar-refractivity contribution in [2.45, 2.75) is 55.8 Å². The van der Waals surface area contributed by atoms with E-state index in [1.54, 1.807) is 0 Å². The largest absolute Gasteiger partial charge is 0.416 e. The van der Waals surface area contributed by atoms with Crippen molar-refractivity contribution in [3.63, 3.8) is 0 Å². The Hall–Kier alpha value is -4.52. The minimum absolute atomic E-state index is 0.0542. The summed E-state index contributed by atoms with van der Waals surface area (Å²) in [5, 5.41) is -1.98. The molecular weight excluding hydrogens is 710 g/mol. The van der Waals surface area contributed by atoms with Gasteiger partial charge in [-0.1, -0.05) is 59.9 Å². The van der Waals surface area contributed by atoms with Crippen LogP contribution in [0.2, 0.25) is 0 Å². The fraction of sp³-hybridized carbons (Fsp3) is 0.317. The number of carbonyl (C=O) groups excluding carboxylic acids is 1. The summed E-state index contributed by atoms with van der Waals surface area (Å²) in [5.41, 5.74) is -9.52. The number of aromatic nitrogens is 1. The SMILES string of the molecule is [2H]c1c([2H])c(F)c(F)c(CSc2c([2H])c(=O)c3c([2H])c(C)c([2H])c([2H])c3n2C([2H])([2H])C(=O)N(C2CCN(C([2H])([2H])COC)CC2)C([2H])([2H])c2c([2H])c([2H])c(-c3c([2H])c([2H])c(C(F)(F)F)c([2H])c3[2H])c([2H])c2[2H])c1[2H]. The molecule has 0 spiro atoms. The Morgan fingerprint density at radius 1 is 0.981 bits per heavy atom. The molecule has 0 N–H and O–H groups in total. The van der Waals surface area contributed by atoms with E-state index in [0.717, 1.165) is 6.92 Å². The fourth-order valence-corrected chi connectivity index (χ4v) is 5.99. The Balaban J connectivity index is 1.67. The molecule has 53 heavy (non-hydrogen) atoms. The van der Waals surface area contributed by atoms with Crippen LogP contribution in [0.1, 0.15) is 63.9 Å². The topological polar surface area (TPSA) is 54.8 Å². The highest BCUT2D eigenvalue weighted by atomic mass is 32.2. The number of methoxy groups -OCH3 is 1. The van der Waals surface area contributed by atoms with Gasteiger partial charge in [0.2, 0.25) is 5.91 Å². The number of amides is 1. The summed E-state index contributed by atoms with van der Waals surface area (Å²) in [6, 6.07) is -21.1. The van der Waals surface area contributed by atoms with Crippen LogP contribution in [0.3, 0.4) is 0 Å². The minimum Gasteiger partial charge on any atom is -0.383 e. The number of ether oxygens (including phenoxy) is 1. The van der Waals surface area contributed by atoms with Crippen molar-refractivity contribution < 1.29 is 60.3 Å². The highest BCUT2D eigenvalue weighted by Gasteiger charge is 2.31. The summed E-state index contributed by atoms with van der Waals surface area (Å²) < 4.78 is 260. The number of hydrogen-bond donors (Lipinski definition) is 0. The first-order valence-electron chi connectivity index (χ1n) is 26.0. The average molecular weight is 771 g/mol. The van der Waals surface area contributed by atoms with Gasteiger partial charge >= 0.3 is 6.18 Å². The molecule has 0 saturated carbocycles. The van der Waals surface area contributed by atoms with Crippen LogP contribution in [0.15, 0.2) is 100 Å². The Morgan fingerprint density at radius 2 is 1.66 bits per heavy atom. The lowest BCUT2D eigenvalue weighted by Crippen LogP contribution is -2.48. The molecule has 0 radical (unpaired) electrons. The number of piperidine rings is 1. The third kappa shape index (κ3) is 9.17. The minimum atomic E-state index is -5.45. The van der Waals surface area contributed by atoms with Crippen LogP contribution in [0, 0.1) is 18.6 Å². The number of rotatable bonds is 12. The summed E-state index contributed by atoms with van der Waals surface area (Å²) in [4.78, 5) is 30.9. The molecule has 1 aliphatic rings. The lowest BCUT2D eigenvalue weighted by molar-refractivity contribution is -0.137. The second kappa shape index (κ2) is 16.7. The molecule has 0 aliphatic carbocycles. The molecule has 0 atom stereocenters. The zero-order valence-electron chi connectivity index (χ0n) is 48.7. The molecular formula is C41H40F5N3O3S. The van der Waals surface area contributed by atoms with E-state index in [0.29, 0.717) is 0 Å². The Kier molecular flexibility index (Phi) is 6.19. The molecule has 4 aromatic carbocycles. The second-order valence-corrected chi connectivity index (χ2v) is 12.3. The van der Waals surface area contributed by atoms with Crippen LogP contribution in [-0.2, 0) is 34.5 Å². The Morgan fingerprint density at radius 3 is 2.32 bits per heavy atom. The van der Waals surface area contributed by atoms with Gasteiger partial charge in [-0.15, -0.1) is 11.8 Å². The number of likely N-dealkylation sites (tertiary alicyclic amines) is 1. The van der Waals surface area contributed by atoms with E-state index in [1.807, 2.05) is 0 Å². The van der Waals surface area contributed by atoms with Crippen molar-refractivity contribution in [3.05, 3.63) is 135 Å². The lowest BCUT2D eigenvalue weighted by atomic mass is 10.00. The maximum atomic E-state index is 15.6. The molecule has 0 bridgehead atoms. The first-order chi connectivity index (χ1) is 34.0. The first kappa shape index (κ1) is 19.7. The van der Waals surface area contributed by atoms with E-state index in [1.165, 1.54) is 12.0 Å². The monoisotopic (exact) mass is 770 g/mol. The van der Waals surface area contributed by atoms with E-state index in [9.17, 15) is 27.8 Å². The number of benzene rings is 4. The van der Waals surface area contributed by atoms with Crippen LogP contribution >= 0.6 is 11.8 Å². The van der Waals surface area contributed by atoms with E-state index >= 15 is 9.18 Å². The summed E-state index contributed by atoms with van der Waals surface area (Å²) >= 11 is 0.0542. The summed E-state index contributed by atoms with van der Waals surface area (Å²) in [6.45, 7) is -10.2. The Labute approximate surface area is 338 Å². The van der Waals surface area contributed by atoms with Gasteiger partial charge in [0, 0.05) is 64.7 Å². The number of alkyl halides is 3. The standard InChI is InChI=1S/C41H40F5N3O3S/c1-27-6-15-36-34(22-27)37(50)23-39(53-26-31-4-3-5-35(42)40(31)43)49(36)25-38(51)48(33-16-18-47(19-17-33)20-21-52-2)24-28-7-9-29(10-8-28)30-11-13-32(14-12-30)41(44,45)46/h3-15,22-23,33H,16-21,24-26H2,1-2H3/i3D,4D,5D,6D,7D,8D,9D,10D,11D,12D,13D,14D,15D,20D2,22D,23D,24D2,25D2. The molecule has 1 aliphatic heterocycles. The maximum Gasteiger partial charge on any atom is 0.416 e. The fourth-order valence-electron chi connectivity index (χ4n) is 5.08. The van der Waals surface area contributed by atoms with Crippen molar-refractivity contribution in [2.75, 3.05) is 33.3 Å². The zero-order chi connectivity index (χ0) is 56.1. The molecule has 1 aromatic heterocycles. The molecule has 1 amide bonds. The quantitative estimate of drug-likeness (QED) is 0.0940. The molecule has 6 rings (SSSR count). The van der Waals surface area contributed by atoms with Gasteiger partial charge in [-0.25, -0.2) is 8.78 Å². The van der Waals surface area contributed by atoms with Crippen molar-refractivity contribution >= 4 is 28.6 Å². The number of hydrogen-bond acceptors (Lipinski definition) is 5. The molecule has 1 saturated heterocycles. The normalized spacial score (nSPS) is 20.6. The van der Waals surface area contributed by atoms with E-state index in [4.69, 9.17) is 28.0 Å².